The molecule has 3 aromatic rings. The van der Waals surface area contributed by atoms with Gasteiger partial charge in [0.15, 0.2) is 0 Å². The minimum absolute atomic E-state index is 0.583. The van der Waals surface area contributed by atoms with E-state index in [-0.39, 0.29) is 0 Å². The Labute approximate surface area is 148 Å². The summed E-state index contributed by atoms with van der Waals surface area (Å²) in [5.41, 5.74) is 4.50. The number of benzene rings is 3. The molecule has 0 amide bonds. The summed E-state index contributed by atoms with van der Waals surface area (Å²) >= 11 is 6.15. The van der Waals surface area contributed by atoms with Crippen molar-refractivity contribution in [3.63, 3.8) is 0 Å². The molecule has 0 aromatic heterocycles. The van der Waals surface area contributed by atoms with Crippen LogP contribution in [-0.2, 0) is 13.2 Å². The number of halogens is 1. The van der Waals surface area contributed by atoms with Gasteiger partial charge >= 0.3 is 0 Å². The second kappa shape index (κ2) is 7.89. The molecule has 0 saturated heterocycles. The monoisotopic (exact) mass is 337 g/mol. The molecule has 0 unspecified atom stereocenters. The van der Waals surface area contributed by atoms with Crippen LogP contribution in [0.25, 0.3) is 0 Å². The molecule has 3 aromatic carbocycles. The van der Waals surface area contributed by atoms with Crippen LogP contribution in [0.15, 0.2) is 72.8 Å². The molecule has 2 nitrogen and oxygen atoms in total. The Morgan fingerprint density at radius 1 is 0.833 bits per heavy atom. The van der Waals surface area contributed by atoms with Gasteiger partial charge in [-0.2, -0.15) is 0 Å². The topological polar surface area (TPSA) is 21.3 Å². The molecule has 24 heavy (non-hydrogen) atoms. The first-order chi connectivity index (χ1) is 11.7. The van der Waals surface area contributed by atoms with Crippen molar-refractivity contribution in [1.29, 1.82) is 0 Å². The molecular weight excluding hydrogens is 318 g/mol. The lowest BCUT2D eigenvalue weighted by molar-refractivity contribution is 0.306. The van der Waals surface area contributed by atoms with E-state index in [1.165, 1.54) is 11.1 Å². The van der Waals surface area contributed by atoms with E-state index in [1.54, 1.807) is 0 Å². The molecule has 0 saturated carbocycles. The molecule has 0 spiro atoms. The van der Waals surface area contributed by atoms with Crippen LogP contribution < -0.4 is 10.1 Å². The molecule has 1 N–H and O–H groups in total. The van der Waals surface area contributed by atoms with Crippen LogP contribution >= 0.6 is 11.6 Å². The molecular formula is C21H20ClNO. The van der Waals surface area contributed by atoms with Crippen molar-refractivity contribution in [3.8, 4) is 5.75 Å². The zero-order valence-corrected chi connectivity index (χ0v) is 14.4. The number of nitrogens with one attached hydrogen (secondary N) is 1. The summed E-state index contributed by atoms with van der Waals surface area (Å²) in [6.07, 6.45) is 0. The van der Waals surface area contributed by atoms with Crippen molar-refractivity contribution >= 4 is 17.3 Å². The Morgan fingerprint density at radius 3 is 2.33 bits per heavy atom. The van der Waals surface area contributed by atoms with Crippen LogP contribution in [0.5, 0.6) is 5.75 Å². The molecule has 0 radical (unpaired) electrons. The number of hydrogen-bond donors (Lipinski definition) is 1. The first-order valence-corrected chi connectivity index (χ1v) is 8.35. The number of ether oxygens (including phenoxy) is 1. The third-order valence-corrected chi connectivity index (χ3v) is 4.33. The molecule has 3 heteroatoms. The maximum atomic E-state index is 6.15. The lowest BCUT2D eigenvalue weighted by Crippen LogP contribution is -2.01. The lowest BCUT2D eigenvalue weighted by atomic mass is 10.1. The van der Waals surface area contributed by atoms with Crippen LogP contribution in [-0.4, -0.2) is 0 Å². The van der Waals surface area contributed by atoms with E-state index < -0.39 is 0 Å². The van der Waals surface area contributed by atoms with Gasteiger partial charge in [-0.3, -0.25) is 0 Å². The lowest BCUT2D eigenvalue weighted by Gasteiger charge is -2.11. The molecule has 0 fully saturated rings. The normalized spacial score (nSPS) is 10.4. The zero-order chi connectivity index (χ0) is 16.8. The van der Waals surface area contributed by atoms with Crippen molar-refractivity contribution in [2.24, 2.45) is 0 Å². The largest absolute Gasteiger partial charge is 0.489 e. The van der Waals surface area contributed by atoms with Gasteiger partial charge in [-0.15, -0.1) is 0 Å². The molecule has 0 aliphatic heterocycles. The third-order valence-electron chi connectivity index (χ3n) is 3.92. The smallest absolute Gasteiger partial charge is 0.119 e. The van der Waals surface area contributed by atoms with Crippen molar-refractivity contribution in [2.45, 2.75) is 20.1 Å². The van der Waals surface area contributed by atoms with Crippen LogP contribution in [0.2, 0.25) is 5.02 Å². The summed E-state index contributed by atoms with van der Waals surface area (Å²) in [7, 11) is 0. The minimum atomic E-state index is 0.583. The van der Waals surface area contributed by atoms with Crippen molar-refractivity contribution in [1.82, 2.24) is 0 Å². The van der Waals surface area contributed by atoms with Gasteiger partial charge in [0.05, 0.1) is 0 Å². The fraction of sp³-hybridized carbons (Fsp3) is 0.143. The summed E-state index contributed by atoms with van der Waals surface area (Å²) in [6, 6.07) is 24.2. The number of anilines is 1. The summed E-state index contributed by atoms with van der Waals surface area (Å²) in [5.74, 6) is 0.876. The second-order valence-corrected chi connectivity index (χ2v) is 6.09. The summed E-state index contributed by atoms with van der Waals surface area (Å²) in [5, 5.41) is 4.20. The minimum Gasteiger partial charge on any atom is -0.489 e. The standard InChI is InChI=1S/C21H20ClNO/c1-16-20(22)8-5-9-21(16)23-14-17-10-12-19(13-11-17)24-15-18-6-3-2-4-7-18/h2-13,23H,14-15H2,1H3. The molecule has 0 heterocycles. The maximum absolute atomic E-state index is 6.15. The molecule has 122 valence electrons. The molecule has 3 rings (SSSR count). The van der Waals surface area contributed by atoms with E-state index in [0.717, 1.165) is 28.6 Å². The summed E-state index contributed by atoms with van der Waals surface area (Å²) < 4.78 is 5.81. The van der Waals surface area contributed by atoms with Gasteiger partial charge in [-0.25, -0.2) is 0 Å². The highest BCUT2D eigenvalue weighted by atomic mass is 35.5. The molecule has 0 atom stereocenters. The van der Waals surface area contributed by atoms with Crippen LogP contribution in [0.4, 0.5) is 5.69 Å². The zero-order valence-electron chi connectivity index (χ0n) is 13.6. The van der Waals surface area contributed by atoms with Crippen molar-refractivity contribution in [2.75, 3.05) is 5.32 Å². The van der Waals surface area contributed by atoms with Gasteiger partial charge in [0.1, 0.15) is 12.4 Å². The van der Waals surface area contributed by atoms with Gasteiger partial charge in [-0.1, -0.05) is 60.1 Å². The highest BCUT2D eigenvalue weighted by Gasteiger charge is 2.02. The quantitative estimate of drug-likeness (QED) is 0.610. The van der Waals surface area contributed by atoms with E-state index in [1.807, 2.05) is 55.5 Å². The van der Waals surface area contributed by atoms with Gasteiger partial charge < -0.3 is 10.1 Å². The van der Waals surface area contributed by atoms with Crippen LogP contribution in [0.3, 0.4) is 0 Å². The van der Waals surface area contributed by atoms with E-state index in [4.69, 9.17) is 16.3 Å². The van der Waals surface area contributed by atoms with E-state index in [2.05, 4.69) is 29.6 Å². The van der Waals surface area contributed by atoms with Gasteiger partial charge in [0, 0.05) is 17.3 Å². The average molecular weight is 338 g/mol. The van der Waals surface area contributed by atoms with Crippen LogP contribution in [0, 0.1) is 6.92 Å². The Hall–Kier alpha value is -2.45. The summed E-state index contributed by atoms with van der Waals surface area (Å²) in [4.78, 5) is 0. The number of hydrogen-bond acceptors (Lipinski definition) is 2. The molecule has 0 bridgehead atoms. The second-order valence-electron chi connectivity index (χ2n) is 5.68. The average Bonchev–Trinajstić information content (AvgIpc) is 2.63. The van der Waals surface area contributed by atoms with E-state index in [9.17, 15) is 0 Å². The Balaban J connectivity index is 1.55. The SMILES string of the molecule is Cc1c(Cl)cccc1NCc1ccc(OCc2ccccc2)cc1. The van der Waals surface area contributed by atoms with Gasteiger partial charge in [0.2, 0.25) is 0 Å². The van der Waals surface area contributed by atoms with Crippen molar-refractivity contribution < 1.29 is 4.74 Å². The predicted octanol–water partition coefficient (Wildman–Crippen LogP) is 5.84. The molecule has 0 aliphatic carbocycles. The fourth-order valence-electron chi connectivity index (χ4n) is 2.44. The van der Waals surface area contributed by atoms with E-state index in [0.29, 0.717) is 6.61 Å². The predicted molar refractivity (Wildman–Crippen MR) is 101 cm³/mol. The van der Waals surface area contributed by atoms with Crippen molar-refractivity contribution in [3.05, 3.63) is 94.5 Å². The van der Waals surface area contributed by atoms with Gasteiger partial charge in [0.25, 0.3) is 0 Å². The highest BCUT2D eigenvalue weighted by Crippen LogP contribution is 2.23. The highest BCUT2D eigenvalue weighted by molar-refractivity contribution is 6.31. The van der Waals surface area contributed by atoms with E-state index >= 15 is 0 Å². The fourth-order valence-corrected chi connectivity index (χ4v) is 2.62. The molecule has 0 aliphatic rings. The first kappa shape index (κ1) is 16.4. The Kier molecular flexibility index (Phi) is 5.39. The maximum Gasteiger partial charge on any atom is 0.119 e. The van der Waals surface area contributed by atoms with Crippen LogP contribution in [0.1, 0.15) is 16.7 Å². The first-order valence-electron chi connectivity index (χ1n) is 7.97. The third kappa shape index (κ3) is 4.30. The summed E-state index contributed by atoms with van der Waals surface area (Å²) in [6.45, 7) is 3.35. The Bertz CT molecular complexity index is 785. The Morgan fingerprint density at radius 2 is 1.58 bits per heavy atom. The van der Waals surface area contributed by atoms with Gasteiger partial charge in [-0.05, 0) is 47.9 Å². The number of rotatable bonds is 6.